The third-order valence-corrected chi connectivity index (χ3v) is 3.31. The average molecular weight is 277 g/mol. The number of carboxylic acids is 1. The van der Waals surface area contributed by atoms with Gasteiger partial charge < -0.3 is 14.7 Å². The fourth-order valence-electron chi connectivity index (χ4n) is 2.55. The number of fused-ring (bicyclic) bond motifs is 1. The molecule has 1 heterocycles. The zero-order valence-electron chi connectivity index (χ0n) is 11.9. The molecule has 1 amide bonds. The van der Waals surface area contributed by atoms with E-state index in [1.165, 1.54) is 6.92 Å². The molecule has 20 heavy (non-hydrogen) atoms. The van der Waals surface area contributed by atoms with Crippen molar-refractivity contribution in [1.29, 1.82) is 0 Å². The molecule has 0 saturated carbocycles. The first-order valence-electron chi connectivity index (χ1n) is 6.69. The smallest absolute Gasteiger partial charge is 0.304 e. The van der Waals surface area contributed by atoms with E-state index in [4.69, 9.17) is 9.84 Å². The Kier molecular flexibility index (Phi) is 3.97. The predicted molar refractivity (Wildman–Crippen MR) is 75.2 cm³/mol. The topological polar surface area (TPSA) is 66.8 Å². The van der Waals surface area contributed by atoms with Gasteiger partial charge in [-0.2, -0.15) is 0 Å². The van der Waals surface area contributed by atoms with Gasteiger partial charge in [0.15, 0.2) is 0 Å². The number of benzene rings is 1. The van der Waals surface area contributed by atoms with Gasteiger partial charge in [0.05, 0.1) is 12.5 Å². The maximum atomic E-state index is 11.7. The monoisotopic (exact) mass is 277 g/mol. The maximum absolute atomic E-state index is 11.7. The largest absolute Gasteiger partial charge is 0.491 e. The van der Waals surface area contributed by atoms with Crippen LogP contribution in [0.5, 0.6) is 5.75 Å². The Labute approximate surface area is 118 Å². The van der Waals surface area contributed by atoms with Crippen molar-refractivity contribution in [2.45, 2.75) is 39.2 Å². The molecule has 5 nitrogen and oxygen atoms in total. The van der Waals surface area contributed by atoms with Crippen molar-refractivity contribution in [3.63, 3.8) is 0 Å². The SMILES string of the molecule is CC(=O)N1CC(CC(=O)O)c2cc(OC(C)C)ccc21. The van der Waals surface area contributed by atoms with E-state index in [0.29, 0.717) is 12.3 Å². The number of carboxylic acid groups (broad SMARTS) is 1. The molecule has 0 fully saturated rings. The van der Waals surface area contributed by atoms with Gasteiger partial charge in [0.25, 0.3) is 0 Å². The highest BCUT2D eigenvalue weighted by Crippen LogP contribution is 2.40. The molecule has 2 rings (SSSR count). The number of hydrogen-bond donors (Lipinski definition) is 1. The minimum absolute atomic E-state index is 0.0158. The number of nitrogens with zero attached hydrogens (tertiary/aromatic N) is 1. The van der Waals surface area contributed by atoms with Gasteiger partial charge >= 0.3 is 5.97 Å². The Morgan fingerprint density at radius 3 is 2.70 bits per heavy atom. The summed E-state index contributed by atoms with van der Waals surface area (Å²) >= 11 is 0. The number of hydrogen-bond acceptors (Lipinski definition) is 3. The molecular weight excluding hydrogens is 258 g/mol. The minimum atomic E-state index is -0.860. The molecule has 0 aliphatic carbocycles. The molecule has 1 aromatic rings. The van der Waals surface area contributed by atoms with Crippen LogP contribution >= 0.6 is 0 Å². The first kappa shape index (κ1) is 14.4. The molecule has 1 atom stereocenters. The van der Waals surface area contributed by atoms with Gasteiger partial charge in [-0.05, 0) is 37.6 Å². The molecule has 1 N–H and O–H groups in total. The second kappa shape index (κ2) is 5.53. The lowest BCUT2D eigenvalue weighted by Crippen LogP contribution is -2.27. The van der Waals surface area contributed by atoms with Crippen molar-refractivity contribution in [1.82, 2.24) is 0 Å². The second-order valence-corrected chi connectivity index (χ2v) is 5.31. The molecular formula is C15H19NO4. The minimum Gasteiger partial charge on any atom is -0.491 e. The van der Waals surface area contributed by atoms with E-state index in [0.717, 1.165) is 11.3 Å². The highest BCUT2D eigenvalue weighted by atomic mass is 16.5. The lowest BCUT2D eigenvalue weighted by Gasteiger charge is -2.15. The zero-order chi connectivity index (χ0) is 14.9. The summed E-state index contributed by atoms with van der Waals surface area (Å²) in [6.45, 7) is 5.78. The van der Waals surface area contributed by atoms with Crippen molar-refractivity contribution in [2.24, 2.45) is 0 Å². The van der Waals surface area contributed by atoms with E-state index in [2.05, 4.69) is 0 Å². The van der Waals surface area contributed by atoms with E-state index in [1.54, 1.807) is 4.90 Å². The van der Waals surface area contributed by atoms with Crippen molar-refractivity contribution >= 4 is 17.6 Å². The third-order valence-electron chi connectivity index (χ3n) is 3.31. The van der Waals surface area contributed by atoms with Crippen LogP contribution in [0.3, 0.4) is 0 Å². The van der Waals surface area contributed by atoms with Crippen LogP contribution in [0.1, 0.15) is 38.7 Å². The highest BCUT2D eigenvalue weighted by molar-refractivity contribution is 5.94. The van der Waals surface area contributed by atoms with Gasteiger partial charge in [-0.1, -0.05) is 0 Å². The van der Waals surface area contributed by atoms with Crippen molar-refractivity contribution < 1.29 is 19.4 Å². The summed E-state index contributed by atoms with van der Waals surface area (Å²) < 4.78 is 5.64. The molecule has 5 heteroatoms. The Morgan fingerprint density at radius 1 is 1.45 bits per heavy atom. The van der Waals surface area contributed by atoms with Gasteiger partial charge in [-0.25, -0.2) is 0 Å². The average Bonchev–Trinajstić information content (AvgIpc) is 2.66. The molecule has 0 radical (unpaired) electrons. The summed E-state index contributed by atoms with van der Waals surface area (Å²) in [5.41, 5.74) is 1.67. The van der Waals surface area contributed by atoms with E-state index >= 15 is 0 Å². The van der Waals surface area contributed by atoms with Crippen molar-refractivity contribution in [2.75, 3.05) is 11.4 Å². The van der Waals surface area contributed by atoms with Gasteiger partial charge in [-0.3, -0.25) is 9.59 Å². The highest BCUT2D eigenvalue weighted by Gasteiger charge is 2.32. The van der Waals surface area contributed by atoms with Gasteiger partial charge in [0.2, 0.25) is 5.91 Å². The number of ether oxygens (including phenoxy) is 1. The lowest BCUT2D eigenvalue weighted by molar-refractivity contribution is -0.137. The van der Waals surface area contributed by atoms with Crippen LogP contribution in [0.4, 0.5) is 5.69 Å². The number of anilines is 1. The Hall–Kier alpha value is -2.04. The summed E-state index contributed by atoms with van der Waals surface area (Å²) in [5.74, 6) is -0.403. The van der Waals surface area contributed by atoms with Crippen LogP contribution in [-0.4, -0.2) is 29.6 Å². The fraction of sp³-hybridized carbons (Fsp3) is 0.467. The number of aliphatic carboxylic acids is 1. The first-order valence-corrected chi connectivity index (χ1v) is 6.69. The standard InChI is InChI=1S/C15H19NO4/c1-9(2)20-12-4-5-14-13(7-12)11(6-15(18)19)8-16(14)10(3)17/h4-5,7,9,11H,6,8H2,1-3H3,(H,18,19). The normalized spacial score (nSPS) is 17.2. The van der Waals surface area contributed by atoms with Crippen LogP contribution in [0.2, 0.25) is 0 Å². The fourth-order valence-corrected chi connectivity index (χ4v) is 2.55. The van der Waals surface area contributed by atoms with Crippen LogP contribution in [0.25, 0.3) is 0 Å². The van der Waals surface area contributed by atoms with E-state index in [-0.39, 0.29) is 24.3 Å². The molecule has 0 aromatic heterocycles. The summed E-state index contributed by atoms with van der Waals surface area (Å²) in [6, 6.07) is 5.50. The maximum Gasteiger partial charge on any atom is 0.304 e. The molecule has 0 saturated heterocycles. The van der Waals surface area contributed by atoms with Crippen LogP contribution in [0, 0.1) is 0 Å². The summed E-state index contributed by atoms with van der Waals surface area (Å²) in [5, 5.41) is 9.00. The first-order chi connectivity index (χ1) is 9.38. The third kappa shape index (κ3) is 2.92. The van der Waals surface area contributed by atoms with E-state index in [9.17, 15) is 9.59 Å². The molecule has 1 aliphatic heterocycles. The molecule has 1 aromatic carbocycles. The second-order valence-electron chi connectivity index (χ2n) is 5.31. The number of rotatable bonds is 4. The van der Waals surface area contributed by atoms with E-state index < -0.39 is 5.97 Å². The molecule has 0 spiro atoms. The lowest BCUT2D eigenvalue weighted by atomic mass is 9.98. The molecule has 1 aliphatic rings. The quantitative estimate of drug-likeness (QED) is 0.917. The molecule has 108 valence electrons. The Morgan fingerprint density at radius 2 is 2.15 bits per heavy atom. The summed E-state index contributed by atoms with van der Waals surface area (Å²) in [6.07, 6.45) is 0.0679. The number of carbonyl (C=O) groups excluding carboxylic acids is 1. The summed E-state index contributed by atoms with van der Waals surface area (Å²) in [7, 11) is 0. The van der Waals surface area contributed by atoms with E-state index in [1.807, 2.05) is 32.0 Å². The van der Waals surface area contributed by atoms with Gasteiger partial charge in [0, 0.05) is 25.1 Å². The van der Waals surface area contributed by atoms with Crippen LogP contribution in [-0.2, 0) is 9.59 Å². The predicted octanol–water partition coefficient (Wildman–Crippen LogP) is 2.40. The zero-order valence-corrected chi connectivity index (χ0v) is 11.9. The van der Waals surface area contributed by atoms with Gasteiger partial charge in [-0.15, -0.1) is 0 Å². The Bertz CT molecular complexity index is 539. The van der Waals surface area contributed by atoms with Crippen molar-refractivity contribution in [3.8, 4) is 5.75 Å². The van der Waals surface area contributed by atoms with Crippen LogP contribution in [0.15, 0.2) is 18.2 Å². The van der Waals surface area contributed by atoms with Gasteiger partial charge in [0.1, 0.15) is 5.75 Å². The number of carbonyl (C=O) groups is 2. The van der Waals surface area contributed by atoms with Crippen LogP contribution < -0.4 is 9.64 Å². The van der Waals surface area contributed by atoms with Crippen molar-refractivity contribution in [3.05, 3.63) is 23.8 Å². The molecule has 1 unspecified atom stereocenters. The summed E-state index contributed by atoms with van der Waals surface area (Å²) in [4.78, 5) is 24.2. The molecule has 0 bridgehead atoms. The number of amides is 1. The Balaban J connectivity index is 2.36.